The Bertz CT molecular complexity index is 1130. The van der Waals surface area contributed by atoms with Crippen LogP contribution in [0.25, 0.3) is 21.9 Å². The van der Waals surface area contributed by atoms with Crippen molar-refractivity contribution in [3.8, 4) is 11.1 Å². The van der Waals surface area contributed by atoms with Crippen LogP contribution in [0.5, 0.6) is 0 Å². The van der Waals surface area contributed by atoms with Crippen molar-refractivity contribution in [3.63, 3.8) is 0 Å². The minimum Gasteiger partial charge on any atom is -0.325 e. The van der Waals surface area contributed by atoms with Crippen molar-refractivity contribution in [1.29, 1.82) is 0 Å². The van der Waals surface area contributed by atoms with Gasteiger partial charge in [0, 0.05) is 52.1 Å². The number of benzene rings is 1. The summed E-state index contributed by atoms with van der Waals surface area (Å²) in [5, 5.41) is 7.87. The average Bonchev–Trinajstić information content (AvgIpc) is 2.69. The zero-order chi connectivity index (χ0) is 17.9. The lowest BCUT2D eigenvalue weighted by atomic mass is 10.0. The molecule has 0 saturated heterocycles. The molecule has 4 aromatic rings. The first-order valence-electron chi connectivity index (χ1n) is 7.99. The summed E-state index contributed by atoms with van der Waals surface area (Å²) in [6.07, 6.45) is 7.19. The molecule has 3 aromatic heterocycles. The third kappa shape index (κ3) is 3.22. The van der Waals surface area contributed by atoms with Crippen LogP contribution in [0.1, 0.15) is 5.69 Å². The van der Waals surface area contributed by atoms with Gasteiger partial charge in [-0.3, -0.25) is 14.8 Å². The van der Waals surface area contributed by atoms with Crippen molar-refractivity contribution in [1.82, 2.24) is 20.2 Å². The molecule has 0 radical (unpaired) electrons. The van der Waals surface area contributed by atoms with Crippen molar-refractivity contribution in [2.75, 3.05) is 0 Å². The number of nitrogens with one attached hydrogen (secondary N) is 1. The Kier molecular flexibility index (Phi) is 4.47. The Balaban J connectivity index is 1.76. The molecule has 0 amide bonds. The lowest BCUT2D eigenvalue weighted by Crippen LogP contribution is -2.13. The molecule has 0 saturated carbocycles. The van der Waals surface area contributed by atoms with Gasteiger partial charge in [0.1, 0.15) is 0 Å². The van der Waals surface area contributed by atoms with Crippen molar-refractivity contribution in [2.24, 2.45) is 5.73 Å². The second-order valence-corrected chi connectivity index (χ2v) is 6.81. The molecule has 0 aliphatic carbocycles. The third-order valence-corrected chi connectivity index (χ3v) is 4.91. The summed E-state index contributed by atoms with van der Waals surface area (Å²) in [5.41, 5.74) is 8.12. The van der Waals surface area contributed by atoms with Crippen LogP contribution >= 0.6 is 11.8 Å². The molecular formula is C19H15N5OS. The number of hydrogen-bond acceptors (Lipinski definition) is 6. The average molecular weight is 361 g/mol. The van der Waals surface area contributed by atoms with E-state index in [0.717, 1.165) is 26.3 Å². The maximum Gasteiger partial charge on any atom is 0.272 e. The molecule has 128 valence electrons. The second-order valence-electron chi connectivity index (χ2n) is 5.66. The fraction of sp³-hybridized carbons (Fsp3) is 0.0526. The number of nitrogens with two attached hydrogens (primary N) is 1. The summed E-state index contributed by atoms with van der Waals surface area (Å²) in [6, 6.07) is 11.6. The molecule has 0 aliphatic rings. The van der Waals surface area contributed by atoms with Crippen molar-refractivity contribution < 1.29 is 0 Å². The van der Waals surface area contributed by atoms with Crippen molar-refractivity contribution in [3.05, 3.63) is 77.2 Å². The summed E-state index contributed by atoms with van der Waals surface area (Å²) in [4.78, 5) is 22.5. The highest BCUT2D eigenvalue weighted by atomic mass is 32.2. The highest BCUT2D eigenvalue weighted by molar-refractivity contribution is 7.99. The van der Waals surface area contributed by atoms with Gasteiger partial charge < -0.3 is 5.73 Å². The van der Waals surface area contributed by atoms with E-state index in [0.29, 0.717) is 11.1 Å². The molecule has 3 heterocycles. The number of aromatic nitrogens is 4. The van der Waals surface area contributed by atoms with Crippen LogP contribution in [0.4, 0.5) is 0 Å². The van der Waals surface area contributed by atoms with Gasteiger partial charge in [-0.1, -0.05) is 17.8 Å². The fourth-order valence-electron chi connectivity index (χ4n) is 2.73. The van der Waals surface area contributed by atoms with E-state index in [4.69, 9.17) is 5.73 Å². The Labute approximate surface area is 153 Å². The SMILES string of the molecule is NCc1n[nH]c(=O)c2ccc(-c3cncc(Sc4cccnc4)c3)cc12. The van der Waals surface area contributed by atoms with Gasteiger partial charge in [0.2, 0.25) is 0 Å². The van der Waals surface area contributed by atoms with E-state index >= 15 is 0 Å². The monoisotopic (exact) mass is 361 g/mol. The quantitative estimate of drug-likeness (QED) is 0.580. The van der Waals surface area contributed by atoms with Crippen LogP contribution in [0.15, 0.2) is 75.8 Å². The Morgan fingerprint density at radius 1 is 0.962 bits per heavy atom. The molecule has 1 aromatic carbocycles. The molecule has 0 fully saturated rings. The lowest BCUT2D eigenvalue weighted by molar-refractivity contribution is 0.900. The number of rotatable bonds is 4. The predicted octanol–water partition coefficient (Wildman–Crippen LogP) is 2.99. The van der Waals surface area contributed by atoms with E-state index in [1.165, 1.54) is 0 Å². The Hall–Kier alpha value is -3.03. The largest absolute Gasteiger partial charge is 0.325 e. The summed E-state index contributed by atoms with van der Waals surface area (Å²) < 4.78 is 0. The number of H-pyrrole nitrogens is 1. The zero-order valence-corrected chi connectivity index (χ0v) is 14.5. The van der Waals surface area contributed by atoms with Gasteiger partial charge in [-0.15, -0.1) is 0 Å². The molecule has 0 aliphatic heterocycles. The fourth-order valence-corrected chi connectivity index (χ4v) is 3.56. The van der Waals surface area contributed by atoms with Crippen molar-refractivity contribution in [2.45, 2.75) is 16.3 Å². The molecule has 26 heavy (non-hydrogen) atoms. The van der Waals surface area contributed by atoms with Gasteiger partial charge >= 0.3 is 0 Å². The standard InChI is InChI=1S/C19H15N5OS/c20-8-18-17-7-12(3-4-16(17)19(25)24-23-18)13-6-15(11-22-9-13)26-14-2-1-5-21-10-14/h1-7,9-11H,8,20H2,(H,24,25). The zero-order valence-electron chi connectivity index (χ0n) is 13.7. The third-order valence-electron chi connectivity index (χ3n) is 3.98. The van der Waals surface area contributed by atoms with Gasteiger partial charge in [-0.25, -0.2) is 5.10 Å². The number of pyridine rings is 2. The van der Waals surface area contributed by atoms with Gasteiger partial charge in [0.25, 0.3) is 5.56 Å². The number of hydrogen-bond donors (Lipinski definition) is 2. The minimum atomic E-state index is -0.220. The van der Waals surface area contributed by atoms with E-state index in [-0.39, 0.29) is 12.1 Å². The first kappa shape index (κ1) is 16.4. The maximum atomic E-state index is 12.0. The topological polar surface area (TPSA) is 97.5 Å². The first-order chi connectivity index (χ1) is 12.7. The smallest absolute Gasteiger partial charge is 0.272 e. The van der Waals surface area contributed by atoms with Crippen LogP contribution in [-0.2, 0) is 6.54 Å². The van der Waals surface area contributed by atoms with Gasteiger partial charge in [0.05, 0.1) is 11.1 Å². The first-order valence-corrected chi connectivity index (χ1v) is 8.81. The van der Waals surface area contributed by atoms with E-state index in [1.807, 2.05) is 36.7 Å². The highest BCUT2D eigenvalue weighted by Gasteiger charge is 2.08. The van der Waals surface area contributed by atoms with Crippen LogP contribution in [0.2, 0.25) is 0 Å². The van der Waals surface area contributed by atoms with Gasteiger partial charge in [0.15, 0.2) is 0 Å². The van der Waals surface area contributed by atoms with Crippen LogP contribution in [0, 0.1) is 0 Å². The lowest BCUT2D eigenvalue weighted by Gasteiger charge is -2.08. The molecule has 0 bridgehead atoms. The summed E-state index contributed by atoms with van der Waals surface area (Å²) in [5.74, 6) is 0. The van der Waals surface area contributed by atoms with E-state index < -0.39 is 0 Å². The van der Waals surface area contributed by atoms with E-state index in [2.05, 4.69) is 26.2 Å². The molecule has 3 N–H and O–H groups in total. The summed E-state index contributed by atoms with van der Waals surface area (Å²) >= 11 is 1.60. The molecule has 7 heteroatoms. The molecule has 0 atom stereocenters. The molecule has 0 unspecified atom stereocenters. The van der Waals surface area contributed by atoms with E-state index in [9.17, 15) is 4.79 Å². The molecule has 6 nitrogen and oxygen atoms in total. The predicted molar refractivity (Wildman–Crippen MR) is 102 cm³/mol. The minimum absolute atomic E-state index is 0.220. The summed E-state index contributed by atoms with van der Waals surface area (Å²) in [7, 11) is 0. The molecular weight excluding hydrogens is 346 g/mol. The molecule has 4 rings (SSSR count). The highest BCUT2D eigenvalue weighted by Crippen LogP contribution is 2.30. The normalized spacial score (nSPS) is 11.0. The van der Waals surface area contributed by atoms with E-state index in [1.54, 1.807) is 30.2 Å². The number of nitrogens with zero attached hydrogens (tertiary/aromatic N) is 3. The Morgan fingerprint density at radius 3 is 2.65 bits per heavy atom. The van der Waals surface area contributed by atoms with Gasteiger partial charge in [-0.05, 0) is 35.9 Å². The number of fused-ring (bicyclic) bond motifs is 1. The Morgan fingerprint density at radius 2 is 1.85 bits per heavy atom. The number of aromatic amines is 1. The van der Waals surface area contributed by atoms with Crippen molar-refractivity contribution >= 4 is 22.5 Å². The maximum absolute atomic E-state index is 12.0. The molecule has 0 spiro atoms. The van der Waals surface area contributed by atoms with Crippen LogP contribution in [-0.4, -0.2) is 20.2 Å². The van der Waals surface area contributed by atoms with Crippen LogP contribution in [0.3, 0.4) is 0 Å². The van der Waals surface area contributed by atoms with Crippen LogP contribution < -0.4 is 11.3 Å². The second kappa shape index (κ2) is 7.07. The summed E-state index contributed by atoms with van der Waals surface area (Å²) in [6.45, 7) is 0.256. The van der Waals surface area contributed by atoms with Gasteiger partial charge in [-0.2, -0.15) is 5.10 Å².